The molecule has 0 heterocycles. The van der Waals surface area contributed by atoms with Crippen LogP contribution in [0.25, 0.3) is 0 Å². The van der Waals surface area contributed by atoms with Gasteiger partial charge in [-0.3, -0.25) is 4.79 Å². The molecule has 2 aromatic rings. The van der Waals surface area contributed by atoms with E-state index in [2.05, 4.69) is 21.2 Å². The molecule has 0 saturated carbocycles. The molecule has 0 unspecified atom stereocenters. The molecule has 2 aromatic carbocycles. The summed E-state index contributed by atoms with van der Waals surface area (Å²) in [6.45, 7) is 4.60. The first-order chi connectivity index (χ1) is 10.6. The van der Waals surface area contributed by atoms with Gasteiger partial charge in [-0.2, -0.15) is 0 Å². The number of amides is 1. The lowest BCUT2D eigenvalue weighted by atomic mass is 10.1. The Morgan fingerprint density at radius 3 is 2.55 bits per heavy atom. The van der Waals surface area contributed by atoms with Crippen molar-refractivity contribution in [3.8, 4) is 5.75 Å². The van der Waals surface area contributed by atoms with Crippen LogP contribution < -0.4 is 10.1 Å². The quantitative estimate of drug-likeness (QED) is 0.807. The Morgan fingerprint density at radius 1 is 1.18 bits per heavy atom. The van der Waals surface area contributed by atoms with Crippen molar-refractivity contribution in [1.82, 2.24) is 0 Å². The normalized spacial score (nSPS) is 10.3. The molecule has 0 radical (unpaired) electrons. The molecule has 116 valence electrons. The third kappa shape index (κ3) is 4.88. The maximum absolute atomic E-state index is 12.0. The molecule has 1 N–H and O–H groups in total. The van der Waals surface area contributed by atoms with Gasteiger partial charge in [-0.15, -0.1) is 0 Å². The first kappa shape index (κ1) is 16.6. The van der Waals surface area contributed by atoms with Gasteiger partial charge >= 0.3 is 0 Å². The highest BCUT2D eigenvalue weighted by molar-refractivity contribution is 9.10. The highest BCUT2D eigenvalue weighted by Gasteiger charge is 2.06. The lowest BCUT2D eigenvalue weighted by Crippen LogP contribution is -2.13. The third-order valence-electron chi connectivity index (χ3n) is 3.34. The molecule has 0 aliphatic carbocycles. The van der Waals surface area contributed by atoms with Gasteiger partial charge < -0.3 is 10.1 Å². The second-order valence-electron chi connectivity index (χ2n) is 5.08. The summed E-state index contributed by atoms with van der Waals surface area (Å²) in [5.74, 6) is 0.889. The van der Waals surface area contributed by atoms with Crippen molar-refractivity contribution in [3.05, 3.63) is 58.1 Å². The Bertz CT molecular complexity index is 638. The molecule has 0 fully saturated rings. The van der Waals surface area contributed by atoms with E-state index >= 15 is 0 Å². The number of hydrogen-bond donors (Lipinski definition) is 1. The summed E-state index contributed by atoms with van der Waals surface area (Å²) >= 11 is 3.42. The lowest BCUT2D eigenvalue weighted by molar-refractivity contribution is -0.116. The first-order valence-corrected chi connectivity index (χ1v) is 8.15. The van der Waals surface area contributed by atoms with Gasteiger partial charge in [0.05, 0.1) is 6.61 Å². The average Bonchev–Trinajstić information content (AvgIpc) is 2.50. The maximum Gasteiger partial charge on any atom is 0.224 e. The number of aryl methyl sites for hydroxylation is 2. The van der Waals surface area contributed by atoms with Crippen molar-refractivity contribution < 1.29 is 9.53 Å². The van der Waals surface area contributed by atoms with Crippen molar-refractivity contribution >= 4 is 27.5 Å². The summed E-state index contributed by atoms with van der Waals surface area (Å²) < 4.78 is 6.42. The van der Waals surface area contributed by atoms with Crippen molar-refractivity contribution in [3.63, 3.8) is 0 Å². The largest absolute Gasteiger partial charge is 0.494 e. The SMILES string of the molecule is CCOc1ccc(CCC(=O)Nc2ccc(Br)cc2C)cc1. The van der Waals surface area contributed by atoms with Crippen LogP contribution in [-0.2, 0) is 11.2 Å². The Labute approximate surface area is 139 Å². The fourth-order valence-electron chi connectivity index (χ4n) is 2.16. The van der Waals surface area contributed by atoms with Crippen LogP contribution in [0.1, 0.15) is 24.5 Å². The zero-order valence-corrected chi connectivity index (χ0v) is 14.4. The number of nitrogens with one attached hydrogen (secondary N) is 1. The molecule has 0 saturated heterocycles. The smallest absolute Gasteiger partial charge is 0.224 e. The predicted octanol–water partition coefficient (Wildman–Crippen LogP) is 4.73. The number of carbonyl (C=O) groups excluding carboxylic acids is 1. The van der Waals surface area contributed by atoms with E-state index in [0.29, 0.717) is 19.4 Å². The second-order valence-corrected chi connectivity index (χ2v) is 6.00. The van der Waals surface area contributed by atoms with Crippen molar-refractivity contribution in [1.29, 1.82) is 0 Å². The van der Waals surface area contributed by atoms with E-state index in [0.717, 1.165) is 27.0 Å². The molecule has 2 rings (SSSR count). The van der Waals surface area contributed by atoms with Crippen molar-refractivity contribution in [2.75, 3.05) is 11.9 Å². The minimum atomic E-state index is 0.0271. The minimum Gasteiger partial charge on any atom is -0.494 e. The molecule has 0 atom stereocenters. The van der Waals surface area contributed by atoms with Crippen LogP contribution in [-0.4, -0.2) is 12.5 Å². The van der Waals surface area contributed by atoms with Crippen LogP contribution in [0.4, 0.5) is 5.69 Å². The van der Waals surface area contributed by atoms with Gasteiger partial charge in [0, 0.05) is 16.6 Å². The molecule has 0 bridgehead atoms. The summed E-state index contributed by atoms with van der Waals surface area (Å²) in [5.41, 5.74) is 3.04. The van der Waals surface area contributed by atoms with Crippen molar-refractivity contribution in [2.24, 2.45) is 0 Å². The van der Waals surface area contributed by atoms with E-state index in [1.54, 1.807) is 0 Å². The summed E-state index contributed by atoms with van der Waals surface area (Å²) in [6, 6.07) is 13.7. The Morgan fingerprint density at radius 2 is 1.91 bits per heavy atom. The summed E-state index contributed by atoms with van der Waals surface area (Å²) in [5, 5.41) is 2.95. The zero-order valence-electron chi connectivity index (χ0n) is 12.9. The van der Waals surface area contributed by atoms with E-state index in [9.17, 15) is 4.79 Å². The average molecular weight is 362 g/mol. The second kappa shape index (κ2) is 7.99. The Hall–Kier alpha value is -1.81. The van der Waals surface area contributed by atoms with E-state index in [1.165, 1.54) is 0 Å². The van der Waals surface area contributed by atoms with Gasteiger partial charge in [0.2, 0.25) is 5.91 Å². The van der Waals surface area contributed by atoms with Crippen LogP contribution in [0.15, 0.2) is 46.9 Å². The fraction of sp³-hybridized carbons (Fsp3) is 0.278. The van der Waals surface area contributed by atoms with Crippen LogP contribution in [0.2, 0.25) is 0 Å². The number of hydrogen-bond acceptors (Lipinski definition) is 2. The van der Waals surface area contributed by atoms with E-state index in [-0.39, 0.29) is 5.91 Å². The fourth-order valence-corrected chi connectivity index (χ4v) is 2.63. The predicted molar refractivity (Wildman–Crippen MR) is 93.4 cm³/mol. The molecular weight excluding hydrogens is 342 g/mol. The molecule has 1 amide bonds. The van der Waals surface area contributed by atoms with Gasteiger partial charge in [0.15, 0.2) is 0 Å². The van der Waals surface area contributed by atoms with Gasteiger partial charge in [-0.1, -0.05) is 28.1 Å². The van der Waals surface area contributed by atoms with Gasteiger partial charge in [-0.05, 0) is 61.7 Å². The zero-order chi connectivity index (χ0) is 15.9. The maximum atomic E-state index is 12.0. The third-order valence-corrected chi connectivity index (χ3v) is 3.83. The van der Waals surface area contributed by atoms with E-state index < -0.39 is 0 Å². The Balaban J connectivity index is 1.87. The number of benzene rings is 2. The number of ether oxygens (including phenoxy) is 1. The molecule has 0 aliphatic rings. The standard InChI is InChI=1S/C18H20BrNO2/c1-3-22-16-8-4-14(5-9-16)6-11-18(21)20-17-10-7-15(19)12-13(17)2/h4-5,7-10,12H,3,6,11H2,1-2H3,(H,20,21). The van der Waals surface area contributed by atoms with Crippen LogP contribution >= 0.6 is 15.9 Å². The molecule has 0 aromatic heterocycles. The van der Waals surface area contributed by atoms with Crippen LogP contribution in [0, 0.1) is 6.92 Å². The highest BCUT2D eigenvalue weighted by Crippen LogP contribution is 2.20. The molecule has 4 heteroatoms. The molecule has 22 heavy (non-hydrogen) atoms. The first-order valence-electron chi connectivity index (χ1n) is 7.36. The van der Waals surface area contributed by atoms with E-state index in [4.69, 9.17) is 4.74 Å². The summed E-state index contributed by atoms with van der Waals surface area (Å²) in [6.07, 6.45) is 1.18. The molecule has 3 nitrogen and oxygen atoms in total. The Kier molecular flexibility index (Phi) is 6.01. The summed E-state index contributed by atoms with van der Waals surface area (Å²) in [7, 11) is 0. The topological polar surface area (TPSA) is 38.3 Å². The van der Waals surface area contributed by atoms with Gasteiger partial charge in [-0.25, -0.2) is 0 Å². The minimum absolute atomic E-state index is 0.0271. The molecular formula is C18H20BrNO2. The molecule has 0 aliphatic heterocycles. The lowest BCUT2D eigenvalue weighted by Gasteiger charge is -2.09. The monoisotopic (exact) mass is 361 g/mol. The van der Waals surface area contributed by atoms with E-state index in [1.807, 2.05) is 56.3 Å². The number of anilines is 1. The molecule has 0 spiro atoms. The number of rotatable bonds is 6. The number of halogens is 1. The van der Waals surface area contributed by atoms with Crippen LogP contribution in [0.5, 0.6) is 5.75 Å². The van der Waals surface area contributed by atoms with Crippen LogP contribution in [0.3, 0.4) is 0 Å². The number of carbonyl (C=O) groups is 1. The summed E-state index contributed by atoms with van der Waals surface area (Å²) in [4.78, 5) is 12.0. The highest BCUT2D eigenvalue weighted by atomic mass is 79.9. The van der Waals surface area contributed by atoms with Gasteiger partial charge in [0.25, 0.3) is 0 Å². The van der Waals surface area contributed by atoms with Gasteiger partial charge in [0.1, 0.15) is 5.75 Å². The van der Waals surface area contributed by atoms with Crippen molar-refractivity contribution in [2.45, 2.75) is 26.7 Å².